The van der Waals surface area contributed by atoms with E-state index in [0.29, 0.717) is 5.56 Å². The lowest BCUT2D eigenvalue weighted by atomic mass is 10.0. The lowest BCUT2D eigenvalue weighted by molar-refractivity contribution is 0.103. The van der Waals surface area contributed by atoms with E-state index in [4.69, 9.17) is 4.74 Å². The molecular formula is C25H19O2. The summed E-state index contributed by atoms with van der Waals surface area (Å²) in [5.74, 6) is 1.79. The summed E-state index contributed by atoms with van der Waals surface area (Å²) < 4.78 is 5.58. The molecule has 4 aromatic rings. The molecule has 0 aliphatic heterocycles. The zero-order chi connectivity index (χ0) is 18.7. The first-order chi connectivity index (χ1) is 13.3. The lowest BCUT2D eigenvalue weighted by Gasteiger charge is -2.03. The van der Waals surface area contributed by atoms with Gasteiger partial charge >= 0.3 is 0 Å². The van der Waals surface area contributed by atoms with Gasteiger partial charge in [0.2, 0.25) is 0 Å². The van der Waals surface area contributed by atoms with Crippen LogP contribution in [0.25, 0.3) is 0 Å². The Morgan fingerprint density at radius 1 is 0.556 bits per heavy atom. The number of carbonyl (C=O) groups excluding carboxylic acids is 1. The van der Waals surface area contributed by atoms with Crippen molar-refractivity contribution in [3.8, 4) is 11.5 Å². The van der Waals surface area contributed by atoms with Crippen molar-refractivity contribution in [3.05, 3.63) is 132 Å². The first-order valence-corrected chi connectivity index (χ1v) is 8.67. The zero-order valence-electron chi connectivity index (χ0n) is 14.8. The minimum atomic E-state index is 0.0552. The van der Waals surface area contributed by atoms with E-state index in [1.807, 2.05) is 91.0 Å². The molecule has 131 valence electrons. The SMILES string of the molecule is O=C(c1cc[c]cc1)c1ccccc1.c1ccc(Oc2ccccc2)cc1. The monoisotopic (exact) mass is 351 g/mol. The highest BCUT2D eigenvalue weighted by Gasteiger charge is 2.06. The lowest BCUT2D eigenvalue weighted by Crippen LogP contribution is -1.99. The molecule has 0 spiro atoms. The maximum atomic E-state index is 11.8. The van der Waals surface area contributed by atoms with Crippen LogP contribution in [0, 0.1) is 6.07 Å². The summed E-state index contributed by atoms with van der Waals surface area (Å²) in [7, 11) is 0. The third-order valence-electron chi connectivity index (χ3n) is 3.74. The third kappa shape index (κ3) is 5.68. The van der Waals surface area contributed by atoms with Crippen LogP contribution in [0.15, 0.2) is 115 Å². The van der Waals surface area contributed by atoms with Crippen LogP contribution < -0.4 is 4.74 Å². The average molecular weight is 351 g/mol. The molecule has 0 aliphatic rings. The number of ketones is 1. The summed E-state index contributed by atoms with van der Waals surface area (Å²) >= 11 is 0. The zero-order valence-corrected chi connectivity index (χ0v) is 14.8. The molecule has 0 atom stereocenters. The first kappa shape index (κ1) is 18.2. The standard InChI is InChI=1S/C13H9O.C12H10O/c14-13(11-7-3-1-4-8-11)12-9-5-2-6-10-12;1-3-7-11(8-4-1)13-12-9-5-2-6-10-12/h1,3-10H;1-10H. The Bertz CT molecular complexity index is 855. The van der Waals surface area contributed by atoms with Crippen molar-refractivity contribution in [2.24, 2.45) is 0 Å². The number of hydrogen-bond donors (Lipinski definition) is 0. The molecule has 1 radical (unpaired) electrons. The predicted molar refractivity (Wildman–Crippen MR) is 108 cm³/mol. The highest BCUT2D eigenvalue weighted by molar-refractivity contribution is 6.08. The van der Waals surface area contributed by atoms with E-state index in [-0.39, 0.29) is 5.78 Å². The molecule has 0 saturated carbocycles. The third-order valence-corrected chi connectivity index (χ3v) is 3.74. The van der Waals surface area contributed by atoms with Gasteiger partial charge in [0.05, 0.1) is 0 Å². The average Bonchev–Trinajstić information content (AvgIpc) is 2.76. The van der Waals surface area contributed by atoms with Gasteiger partial charge in [0, 0.05) is 11.1 Å². The smallest absolute Gasteiger partial charge is 0.193 e. The molecule has 4 aromatic carbocycles. The van der Waals surface area contributed by atoms with Crippen molar-refractivity contribution in [1.29, 1.82) is 0 Å². The van der Waals surface area contributed by atoms with Gasteiger partial charge in [-0.15, -0.1) is 0 Å². The molecule has 0 fully saturated rings. The largest absolute Gasteiger partial charge is 0.457 e. The Labute approximate surface area is 159 Å². The molecule has 0 unspecified atom stereocenters. The van der Waals surface area contributed by atoms with Crippen LogP contribution in [0.5, 0.6) is 11.5 Å². The summed E-state index contributed by atoms with van der Waals surface area (Å²) in [6.07, 6.45) is 0. The number of carbonyl (C=O) groups is 1. The van der Waals surface area contributed by atoms with Crippen LogP contribution in [0.4, 0.5) is 0 Å². The van der Waals surface area contributed by atoms with Gasteiger partial charge < -0.3 is 4.74 Å². The van der Waals surface area contributed by atoms with Gasteiger partial charge in [-0.25, -0.2) is 0 Å². The van der Waals surface area contributed by atoms with Gasteiger partial charge in [0.1, 0.15) is 11.5 Å². The minimum Gasteiger partial charge on any atom is -0.457 e. The molecule has 2 nitrogen and oxygen atoms in total. The summed E-state index contributed by atoms with van der Waals surface area (Å²) in [5, 5.41) is 0. The highest BCUT2D eigenvalue weighted by atomic mass is 16.5. The van der Waals surface area contributed by atoms with Gasteiger partial charge in [-0.2, -0.15) is 0 Å². The second-order valence-electron chi connectivity index (χ2n) is 5.71. The van der Waals surface area contributed by atoms with Gasteiger partial charge in [0.15, 0.2) is 5.78 Å². The van der Waals surface area contributed by atoms with Crippen LogP contribution in [0.3, 0.4) is 0 Å². The van der Waals surface area contributed by atoms with E-state index in [1.165, 1.54) is 0 Å². The second-order valence-corrected chi connectivity index (χ2v) is 5.71. The van der Waals surface area contributed by atoms with Gasteiger partial charge in [-0.1, -0.05) is 91.0 Å². The molecule has 27 heavy (non-hydrogen) atoms. The fourth-order valence-corrected chi connectivity index (χ4v) is 2.41. The van der Waals surface area contributed by atoms with E-state index in [2.05, 4.69) is 6.07 Å². The maximum absolute atomic E-state index is 11.8. The summed E-state index contributed by atoms with van der Waals surface area (Å²) in [4.78, 5) is 11.8. The molecule has 0 saturated heterocycles. The maximum Gasteiger partial charge on any atom is 0.193 e. The Morgan fingerprint density at radius 3 is 1.44 bits per heavy atom. The molecular weight excluding hydrogens is 332 g/mol. The number of para-hydroxylation sites is 2. The van der Waals surface area contributed by atoms with Crippen molar-refractivity contribution >= 4 is 5.78 Å². The van der Waals surface area contributed by atoms with E-state index in [1.54, 1.807) is 24.3 Å². The summed E-state index contributed by atoms with van der Waals surface area (Å²) in [6, 6.07) is 38.7. The number of rotatable bonds is 4. The van der Waals surface area contributed by atoms with Gasteiger partial charge in [0.25, 0.3) is 0 Å². The first-order valence-electron chi connectivity index (χ1n) is 8.67. The van der Waals surface area contributed by atoms with Gasteiger partial charge in [-0.3, -0.25) is 4.79 Å². The fraction of sp³-hybridized carbons (Fsp3) is 0. The molecule has 0 aromatic heterocycles. The van der Waals surface area contributed by atoms with Crippen LogP contribution in [0.2, 0.25) is 0 Å². The van der Waals surface area contributed by atoms with E-state index in [9.17, 15) is 4.79 Å². The quantitative estimate of drug-likeness (QED) is 0.409. The summed E-state index contributed by atoms with van der Waals surface area (Å²) in [5.41, 5.74) is 1.42. The van der Waals surface area contributed by atoms with E-state index < -0.39 is 0 Å². The van der Waals surface area contributed by atoms with Crippen molar-refractivity contribution < 1.29 is 9.53 Å². The fourth-order valence-electron chi connectivity index (χ4n) is 2.41. The highest BCUT2D eigenvalue weighted by Crippen LogP contribution is 2.19. The van der Waals surface area contributed by atoms with E-state index in [0.717, 1.165) is 17.1 Å². The normalized spacial score (nSPS) is 9.63. The molecule has 2 heteroatoms. The van der Waals surface area contributed by atoms with Gasteiger partial charge in [-0.05, 0) is 30.3 Å². The Balaban J connectivity index is 0.000000156. The Kier molecular flexibility index (Phi) is 6.54. The number of benzene rings is 4. The molecule has 0 N–H and O–H groups in total. The van der Waals surface area contributed by atoms with Crippen LogP contribution in [0.1, 0.15) is 15.9 Å². The topological polar surface area (TPSA) is 26.3 Å². The minimum absolute atomic E-state index is 0.0552. The number of hydrogen-bond acceptors (Lipinski definition) is 2. The molecule has 4 rings (SSSR count). The summed E-state index contributed by atoms with van der Waals surface area (Å²) in [6.45, 7) is 0. The molecule has 0 amide bonds. The van der Waals surface area contributed by atoms with Crippen molar-refractivity contribution in [2.45, 2.75) is 0 Å². The van der Waals surface area contributed by atoms with E-state index >= 15 is 0 Å². The number of ether oxygens (including phenoxy) is 1. The van der Waals surface area contributed by atoms with Crippen LogP contribution in [-0.4, -0.2) is 5.78 Å². The predicted octanol–water partition coefficient (Wildman–Crippen LogP) is 6.20. The Morgan fingerprint density at radius 2 is 0.963 bits per heavy atom. The van der Waals surface area contributed by atoms with Crippen molar-refractivity contribution in [2.75, 3.05) is 0 Å². The van der Waals surface area contributed by atoms with Crippen molar-refractivity contribution in [3.63, 3.8) is 0 Å². The van der Waals surface area contributed by atoms with Crippen LogP contribution >= 0.6 is 0 Å². The van der Waals surface area contributed by atoms with Crippen molar-refractivity contribution in [1.82, 2.24) is 0 Å². The molecule has 0 bridgehead atoms. The molecule has 0 aliphatic carbocycles. The van der Waals surface area contributed by atoms with Crippen LogP contribution in [-0.2, 0) is 0 Å². The molecule has 0 heterocycles. The second kappa shape index (κ2) is 9.73. The Hall–Kier alpha value is -3.65.